The molecule has 90 valence electrons. The molecule has 0 atom stereocenters. The number of rotatable bonds is 1. The van der Waals surface area contributed by atoms with Gasteiger partial charge in [0.25, 0.3) is 0 Å². The number of halogens is 2. The van der Waals surface area contributed by atoms with E-state index < -0.39 is 0 Å². The Hall–Kier alpha value is -1.07. The quantitative estimate of drug-likeness (QED) is 0.748. The number of hydrogen-bond acceptors (Lipinski definition) is 4. The monoisotopic (exact) mass is 271 g/mol. The summed E-state index contributed by atoms with van der Waals surface area (Å²) in [6.45, 7) is 1.92. The maximum Gasteiger partial charge on any atom is 0.178 e. The van der Waals surface area contributed by atoms with Gasteiger partial charge in [0.1, 0.15) is 5.69 Å². The molecule has 1 aliphatic heterocycles. The Morgan fingerprint density at radius 1 is 1.12 bits per heavy atom. The number of nitrogens with zero attached hydrogens (tertiary/aromatic N) is 5. The van der Waals surface area contributed by atoms with Crippen LogP contribution in [-0.2, 0) is 0 Å². The predicted octanol–water partition coefficient (Wildman–Crippen LogP) is 2.42. The number of hydrogen-bond donors (Lipinski definition) is 0. The van der Waals surface area contributed by atoms with E-state index in [4.69, 9.17) is 23.2 Å². The first-order valence-corrected chi connectivity index (χ1v) is 6.33. The van der Waals surface area contributed by atoms with E-state index in [0.717, 1.165) is 31.6 Å². The molecule has 0 aliphatic carbocycles. The predicted molar refractivity (Wildman–Crippen MR) is 66.9 cm³/mol. The average molecular weight is 272 g/mol. The molecule has 2 aromatic rings. The van der Waals surface area contributed by atoms with Crippen LogP contribution in [0.1, 0.15) is 19.3 Å². The summed E-state index contributed by atoms with van der Waals surface area (Å²) in [6, 6.07) is 0. The molecule has 0 saturated carbocycles. The first-order valence-electron chi connectivity index (χ1n) is 5.58. The Morgan fingerprint density at radius 3 is 2.65 bits per heavy atom. The Kier molecular flexibility index (Phi) is 2.80. The zero-order valence-electron chi connectivity index (χ0n) is 9.10. The van der Waals surface area contributed by atoms with Gasteiger partial charge in [-0.2, -0.15) is 4.52 Å². The lowest BCUT2D eigenvalue weighted by molar-refractivity contribution is 0.576. The van der Waals surface area contributed by atoms with Gasteiger partial charge in [0.2, 0.25) is 0 Å². The molecule has 1 saturated heterocycles. The van der Waals surface area contributed by atoms with Crippen molar-refractivity contribution in [1.29, 1.82) is 0 Å². The summed E-state index contributed by atoms with van der Waals surface area (Å²) in [7, 11) is 0. The van der Waals surface area contributed by atoms with Gasteiger partial charge in [0.15, 0.2) is 16.0 Å². The lowest BCUT2D eigenvalue weighted by Gasteiger charge is -2.29. The second kappa shape index (κ2) is 4.31. The smallest absolute Gasteiger partial charge is 0.178 e. The van der Waals surface area contributed by atoms with Crippen LogP contribution in [0.2, 0.25) is 10.3 Å². The van der Waals surface area contributed by atoms with E-state index in [1.807, 2.05) is 0 Å². The summed E-state index contributed by atoms with van der Waals surface area (Å²) in [5.41, 5.74) is 1.34. The molecular weight excluding hydrogens is 261 g/mol. The van der Waals surface area contributed by atoms with E-state index in [2.05, 4.69) is 20.2 Å². The molecule has 0 bridgehead atoms. The number of anilines is 1. The third kappa shape index (κ3) is 1.83. The normalized spacial score (nSPS) is 16.7. The molecule has 0 radical (unpaired) electrons. The van der Waals surface area contributed by atoms with Gasteiger partial charge in [-0.25, -0.2) is 4.98 Å². The topological polar surface area (TPSA) is 46.3 Å². The largest absolute Gasteiger partial charge is 0.367 e. The summed E-state index contributed by atoms with van der Waals surface area (Å²) in [5, 5.41) is 8.59. The van der Waals surface area contributed by atoms with E-state index in [-0.39, 0.29) is 0 Å². The molecule has 3 rings (SSSR count). The van der Waals surface area contributed by atoms with E-state index in [1.165, 1.54) is 17.1 Å². The van der Waals surface area contributed by atoms with Crippen molar-refractivity contribution >= 4 is 34.5 Å². The van der Waals surface area contributed by atoms with Crippen molar-refractivity contribution in [3.05, 3.63) is 16.5 Å². The van der Waals surface area contributed by atoms with Crippen LogP contribution in [0.15, 0.2) is 6.20 Å². The van der Waals surface area contributed by atoms with Crippen molar-refractivity contribution in [2.45, 2.75) is 19.3 Å². The zero-order chi connectivity index (χ0) is 11.8. The lowest BCUT2D eigenvalue weighted by atomic mass is 10.1. The first-order chi connectivity index (χ1) is 8.27. The highest BCUT2D eigenvalue weighted by Crippen LogP contribution is 2.34. The molecule has 0 amide bonds. The van der Waals surface area contributed by atoms with E-state index in [9.17, 15) is 0 Å². The van der Waals surface area contributed by atoms with Gasteiger partial charge in [-0.3, -0.25) is 0 Å². The molecule has 7 heteroatoms. The number of fused-ring (bicyclic) bond motifs is 1. The van der Waals surface area contributed by atoms with Gasteiger partial charge in [-0.05, 0) is 19.3 Å². The maximum absolute atomic E-state index is 6.32. The highest BCUT2D eigenvalue weighted by Gasteiger charge is 2.21. The zero-order valence-corrected chi connectivity index (χ0v) is 10.6. The molecule has 5 nitrogen and oxygen atoms in total. The van der Waals surface area contributed by atoms with Gasteiger partial charge in [0, 0.05) is 13.1 Å². The van der Waals surface area contributed by atoms with Gasteiger partial charge in [-0.15, -0.1) is 5.10 Å². The minimum absolute atomic E-state index is 0.423. The van der Waals surface area contributed by atoms with Crippen molar-refractivity contribution < 1.29 is 0 Å². The molecule has 2 aromatic heterocycles. The standard InChI is InChI=1S/C10H11Cl2N5/c11-9-8(16-4-2-1-3-5-16)10(12)17-7(14-9)6-13-15-17/h6H,1-5H2. The third-order valence-electron chi connectivity index (χ3n) is 2.99. The van der Waals surface area contributed by atoms with Gasteiger partial charge >= 0.3 is 0 Å². The summed E-state index contributed by atoms with van der Waals surface area (Å²) in [6.07, 6.45) is 5.10. The Bertz CT molecular complexity index is 547. The third-order valence-corrected chi connectivity index (χ3v) is 3.60. The summed E-state index contributed by atoms with van der Waals surface area (Å²) in [5.74, 6) is 0. The highest BCUT2D eigenvalue weighted by atomic mass is 35.5. The molecule has 0 spiro atoms. The number of piperidine rings is 1. The Balaban J connectivity index is 2.13. The van der Waals surface area contributed by atoms with E-state index >= 15 is 0 Å². The SMILES string of the molecule is Clc1nc2cnnn2c(Cl)c1N1CCCCC1. The fraction of sp³-hybridized carbons (Fsp3) is 0.500. The minimum Gasteiger partial charge on any atom is -0.367 e. The van der Waals surface area contributed by atoms with Crippen LogP contribution in [0, 0.1) is 0 Å². The first kappa shape index (κ1) is 11.0. The highest BCUT2D eigenvalue weighted by molar-refractivity contribution is 6.38. The number of aromatic nitrogens is 4. The van der Waals surface area contributed by atoms with Crippen molar-refractivity contribution in [2.24, 2.45) is 0 Å². The molecule has 1 fully saturated rings. The fourth-order valence-corrected chi connectivity index (χ4v) is 2.84. The van der Waals surface area contributed by atoms with Crippen molar-refractivity contribution in [1.82, 2.24) is 19.8 Å². The second-order valence-corrected chi connectivity index (χ2v) is 4.81. The minimum atomic E-state index is 0.423. The van der Waals surface area contributed by atoms with Gasteiger partial charge < -0.3 is 4.90 Å². The average Bonchev–Trinajstić information content (AvgIpc) is 2.78. The molecule has 0 N–H and O–H groups in total. The van der Waals surface area contributed by atoms with Crippen LogP contribution >= 0.6 is 23.2 Å². The van der Waals surface area contributed by atoms with Gasteiger partial charge in [0.05, 0.1) is 6.20 Å². The Labute approximate surface area is 108 Å². The summed E-state index contributed by atoms with van der Waals surface area (Å²) >= 11 is 12.5. The van der Waals surface area contributed by atoms with E-state index in [0.29, 0.717) is 16.0 Å². The Morgan fingerprint density at radius 2 is 1.88 bits per heavy atom. The van der Waals surface area contributed by atoms with Crippen LogP contribution in [0.5, 0.6) is 0 Å². The molecule has 1 aliphatic rings. The van der Waals surface area contributed by atoms with Crippen LogP contribution in [0.3, 0.4) is 0 Å². The molecule has 0 aromatic carbocycles. The molecule has 3 heterocycles. The van der Waals surface area contributed by atoms with Crippen LogP contribution in [-0.4, -0.2) is 32.9 Å². The van der Waals surface area contributed by atoms with Crippen LogP contribution < -0.4 is 4.90 Å². The van der Waals surface area contributed by atoms with Crippen molar-refractivity contribution in [3.8, 4) is 0 Å². The van der Waals surface area contributed by atoms with Crippen LogP contribution in [0.25, 0.3) is 5.65 Å². The maximum atomic E-state index is 6.32. The van der Waals surface area contributed by atoms with E-state index in [1.54, 1.807) is 0 Å². The summed E-state index contributed by atoms with van der Waals surface area (Å²) in [4.78, 5) is 6.42. The fourth-order valence-electron chi connectivity index (χ4n) is 2.16. The molecular formula is C10H11Cl2N5. The van der Waals surface area contributed by atoms with Crippen LogP contribution in [0.4, 0.5) is 5.69 Å². The molecule has 17 heavy (non-hydrogen) atoms. The second-order valence-electron chi connectivity index (χ2n) is 4.09. The summed E-state index contributed by atoms with van der Waals surface area (Å²) < 4.78 is 1.51. The van der Waals surface area contributed by atoms with Crippen molar-refractivity contribution in [2.75, 3.05) is 18.0 Å². The van der Waals surface area contributed by atoms with Crippen molar-refractivity contribution in [3.63, 3.8) is 0 Å². The lowest BCUT2D eigenvalue weighted by Crippen LogP contribution is -2.30. The molecule has 0 unspecified atom stereocenters. The van der Waals surface area contributed by atoms with Gasteiger partial charge in [-0.1, -0.05) is 28.4 Å².